The van der Waals surface area contributed by atoms with Crippen LogP contribution in [0, 0.1) is 19.3 Å². The summed E-state index contributed by atoms with van der Waals surface area (Å²) in [6, 6.07) is 7.90. The van der Waals surface area contributed by atoms with Crippen LogP contribution in [0.5, 0.6) is 0 Å². The monoisotopic (exact) mass is 160 g/mol. The molecule has 12 heavy (non-hydrogen) atoms. The Hall–Kier alpha value is -1.22. The highest BCUT2D eigenvalue weighted by atomic mass is 13.9. The van der Waals surface area contributed by atoms with Crippen LogP contribution in [-0.4, -0.2) is 0 Å². The van der Waals surface area contributed by atoms with Gasteiger partial charge in [-0.05, 0) is 24.6 Å². The van der Waals surface area contributed by atoms with Crippen molar-refractivity contribution in [1.29, 1.82) is 0 Å². The van der Waals surface area contributed by atoms with Gasteiger partial charge in [-0.1, -0.05) is 38.3 Å². The maximum Gasteiger partial charge on any atom is 0.0245 e. The molecule has 0 saturated carbocycles. The summed E-state index contributed by atoms with van der Waals surface area (Å²) in [5, 5.41) is 0. The van der Waals surface area contributed by atoms with Crippen LogP contribution >= 0.6 is 0 Å². The Morgan fingerprint density at radius 2 is 1.92 bits per heavy atom. The Bertz CT molecular complexity index is 253. The van der Waals surface area contributed by atoms with E-state index < -0.39 is 0 Å². The van der Waals surface area contributed by atoms with E-state index in [1.165, 1.54) is 12.0 Å². The van der Waals surface area contributed by atoms with Gasteiger partial charge in [0.15, 0.2) is 0 Å². The second kappa shape index (κ2) is 6.49. The number of aryl methyl sites for hydroxylation is 1. The van der Waals surface area contributed by atoms with Crippen LogP contribution < -0.4 is 0 Å². The first-order valence-electron chi connectivity index (χ1n) is 4.27. The quantitative estimate of drug-likeness (QED) is 0.510. The van der Waals surface area contributed by atoms with Crippen LogP contribution in [0.2, 0.25) is 0 Å². The fraction of sp³-hybridized carbons (Fsp3) is 0.333. The smallest absolute Gasteiger partial charge is 0.0245 e. The van der Waals surface area contributed by atoms with Crippen molar-refractivity contribution in [3.63, 3.8) is 0 Å². The maximum atomic E-state index is 5.17. The van der Waals surface area contributed by atoms with Gasteiger partial charge < -0.3 is 0 Å². The standard InChI is InChI=1S/C9H8.C3H8/c1-3-9-6-4-5-8(2)7-9;1-3-2/h1,4-7H,2H3;3H2,1-2H3. The zero-order chi connectivity index (χ0) is 9.40. The van der Waals surface area contributed by atoms with E-state index >= 15 is 0 Å². The summed E-state index contributed by atoms with van der Waals surface area (Å²) >= 11 is 0. The largest absolute Gasteiger partial charge is 0.115 e. The van der Waals surface area contributed by atoms with Crippen LogP contribution in [0.3, 0.4) is 0 Å². The highest BCUT2D eigenvalue weighted by Crippen LogP contribution is 2.00. The molecular weight excluding hydrogens is 144 g/mol. The predicted octanol–water partition coefficient (Wildman–Crippen LogP) is 3.39. The molecule has 0 aliphatic carbocycles. The molecule has 0 bridgehead atoms. The van der Waals surface area contributed by atoms with Gasteiger partial charge in [-0.3, -0.25) is 0 Å². The molecule has 0 radical (unpaired) electrons. The lowest BCUT2D eigenvalue weighted by molar-refractivity contribution is 1.09. The third-order valence-electron chi connectivity index (χ3n) is 1.18. The van der Waals surface area contributed by atoms with E-state index in [-0.39, 0.29) is 0 Å². The van der Waals surface area contributed by atoms with Gasteiger partial charge in [-0.15, -0.1) is 6.42 Å². The lowest BCUT2D eigenvalue weighted by Crippen LogP contribution is -1.73. The molecule has 0 nitrogen and oxygen atoms in total. The molecule has 1 aromatic rings. The molecule has 0 aliphatic rings. The average Bonchev–Trinajstić information content (AvgIpc) is 2.06. The fourth-order valence-electron chi connectivity index (χ4n) is 0.735. The summed E-state index contributed by atoms with van der Waals surface area (Å²) < 4.78 is 0. The summed E-state index contributed by atoms with van der Waals surface area (Å²) in [5.74, 6) is 2.57. The molecule has 1 aromatic carbocycles. The van der Waals surface area contributed by atoms with E-state index in [4.69, 9.17) is 6.42 Å². The molecule has 64 valence electrons. The summed E-state index contributed by atoms with van der Waals surface area (Å²) in [4.78, 5) is 0. The van der Waals surface area contributed by atoms with E-state index in [0.29, 0.717) is 0 Å². The molecule has 0 fully saturated rings. The minimum absolute atomic E-state index is 0.954. The Morgan fingerprint density at radius 1 is 1.33 bits per heavy atom. The number of terminal acetylenes is 1. The first kappa shape index (κ1) is 10.8. The first-order valence-corrected chi connectivity index (χ1v) is 4.27. The highest BCUT2D eigenvalue weighted by Gasteiger charge is 1.83. The summed E-state index contributed by atoms with van der Waals surface area (Å²) in [6.45, 7) is 6.28. The minimum Gasteiger partial charge on any atom is -0.115 e. The van der Waals surface area contributed by atoms with Crippen molar-refractivity contribution in [2.75, 3.05) is 0 Å². The molecule has 1 rings (SSSR count). The van der Waals surface area contributed by atoms with Crippen LogP contribution in [-0.2, 0) is 0 Å². The van der Waals surface area contributed by atoms with E-state index in [2.05, 4.69) is 19.8 Å². The number of benzene rings is 1. The highest BCUT2D eigenvalue weighted by molar-refractivity contribution is 5.34. The molecule has 0 amide bonds. The zero-order valence-corrected chi connectivity index (χ0v) is 8.09. The van der Waals surface area contributed by atoms with E-state index in [0.717, 1.165) is 5.56 Å². The number of hydrogen-bond acceptors (Lipinski definition) is 0. The molecule has 0 N–H and O–H groups in total. The SMILES string of the molecule is C#Cc1cccc(C)c1.CCC. The predicted molar refractivity (Wildman–Crippen MR) is 55.1 cm³/mol. The van der Waals surface area contributed by atoms with E-state index in [9.17, 15) is 0 Å². The average molecular weight is 160 g/mol. The third kappa shape index (κ3) is 4.57. The Labute approximate surface area is 75.6 Å². The minimum atomic E-state index is 0.954. The first-order chi connectivity index (χ1) is 5.74. The van der Waals surface area contributed by atoms with Crippen LogP contribution in [0.1, 0.15) is 31.4 Å². The Balaban J connectivity index is 0.000000354. The van der Waals surface area contributed by atoms with Gasteiger partial charge in [0.2, 0.25) is 0 Å². The van der Waals surface area contributed by atoms with Gasteiger partial charge >= 0.3 is 0 Å². The topological polar surface area (TPSA) is 0 Å². The van der Waals surface area contributed by atoms with E-state index in [1.807, 2.05) is 31.2 Å². The maximum absolute atomic E-state index is 5.17. The van der Waals surface area contributed by atoms with Crippen molar-refractivity contribution < 1.29 is 0 Å². The van der Waals surface area contributed by atoms with Crippen molar-refractivity contribution >= 4 is 0 Å². The Morgan fingerprint density at radius 3 is 2.25 bits per heavy atom. The van der Waals surface area contributed by atoms with E-state index in [1.54, 1.807) is 0 Å². The third-order valence-corrected chi connectivity index (χ3v) is 1.18. The molecule has 0 heteroatoms. The summed E-state index contributed by atoms with van der Waals surface area (Å²) in [6.07, 6.45) is 6.42. The van der Waals surface area contributed by atoms with Gasteiger partial charge in [0.05, 0.1) is 0 Å². The lowest BCUT2D eigenvalue weighted by atomic mass is 10.1. The summed E-state index contributed by atoms with van der Waals surface area (Å²) in [7, 11) is 0. The van der Waals surface area contributed by atoms with Crippen LogP contribution in [0.15, 0.2) is 24.3 Å². The van der Waals surface area contributed by atoms with Crippen molar-refractivity contribution in [3.8, 4) is 12.3 Å². The molecule has 0 atom stereocenters. The number of hydrogen-bond donors (Lipinski definition) is 0. The lowest BCUT2D eigenvalue weighted by Gasteiger charge is -1.90. The zero-order valence-electron chi connectivity index (χ0n) is 8.09. The second-order valence-corrected chi connectivity index (χ2v) is 2.72. The normalized spacial score (nSPS) is 7.83. The molecule has 0 aromatic heterocycles. The molecule has 0 unspecified atom stereocenters. The summed E-state index contributed by atoms with van der Waals surface area (Å²) in [5.41, 5.74) is 2.17. The molecular formula is C12H16. The number of rotatable bonds is 0. The molecule has 0 heterocycles. The molecule has 0 aliphatic heterocycles. The van der Waals surface area contributed by atoms with Gasteiger partial charge in [-0.2, -0.15) is 0 Å². The van der Waals surface area contributed by atoms with Gasteiger partial charge in [-0.25, -0.2) is 0 Å². The van der Waals surface area contributed by atoms with Crippen molar-refractivity contribution in [1.82, 2.24) is 0 Å². The van der Waals surface area contributed by atoms with Gasteiger partial charge in [0.1, 0.15) is 0 Å². The fourth-order valence-corrected chi connectivity index (χ4v) is 0.735. The van der Waals surface area contributed by atoms with Crippen LogP contribution in [0.25, 0.3) is 0 Å². The van der Waals surface area contributed by atoms with Crippen molar-refractivity contribution in [2.24, 2.45) is 0 Å². The van der Waals surface area contributed by atoms with Gasteiger partial charge in [0.25, 0.3) is 0 Å². The van der Waals surface area contributed by atoms with Crippen molar-refractivity contribution in [2.45, 2.75) is 27.2 Å². The molecule has 0 spiro atoms. The second-order valence-electron chi connectivity index (χ2n) is 2.72. The van der Waals surface area contributed by atoms with Crippen LogP contribution in [0.4, 0.5) is 0 Å². The van der Waals surface area contributed by atoms with Crippen molar-refractivity contribution in [3.05, 3.63) is 35.4 Å². The Kier molecular flexibility index (Phi) is 5.83. The van der Waals surface area contributed by atoms with Gasteiger partial charge in [0, 0.05) is 5.56 Å². The molecule has 0 saturated heterocycles.